The summed E-state index contributed by atoms with van der Waals surface area (Å²) in [6, 6.07) is 1.87. The number of nitrogens with two attached hydrogens (primary N) is 1. The number of fused-ring (bicyclic) bond motifs is 1. The van der Waals surface area contributed by atoms with Crippen molar-refractivity contribution in [1.82, 2.24) is 9.97 Å². The van der Waals surface area contributed by atoms with E-state index in [1.54, 1.807) is 0 Å². The number of rotatable bonds is 2. The maximum Gasteiger partial charge on any atom is 0.172 e. The highest BCUT2D eigenvalue weighted by atomic mass is 35.5. The molecule has 0 bridgehead atoms. The number of nitrogens with zero attached hydrogens (tertiary/aromatic N) is 2. The third kappa shape index (κ3) is 2.01. The van der Waals surface area contributed by atoms with Crippen LogP contribution in [0.4, 0.5) is 5.82 Å². The van der Waals surface area contributed by atoms with E-state index in [4.69, 9.17) is 17.4 Å². The molecule has 0 spiro atoms. The van der Waals surface area contributed by atoms with Gasteiger partial charge in [-0.15, -0.1) is 11.3 Å². The van der Waals surface area contributed by atoms with Crippen LogP contribution in [0, 0.1) is 0 Å². The van der Waals surface area contributed by atoms with Crippen LogP contribution < -0.4 is 11.3 Å². The maximum atomic E-state index is 5.91. The average Bonchev–Trinajstić information content (AvgIpc) is 2.95. The molecule has 0 fully saturated rings. The van der Waals surface area contributed by atoms with Crippen molar-refractivity contribution in [3.05, 3.63) is 27.7 Å². The Kier molecular flexibility index (Phi) is 2.96. The number of aromatic nitrogens is 2. The first-order valence-electron chi connectivity index (χ1n) is 4.96. The Bertz CT molecular complexity index is 569. The highest BCUT2D eigenvalue weighted by molar-refractivity contribution is 7.98. The molecule has 2 aromatic rings. The minimum Gasteiger partial charge on any atom is -0.308 e. The Morgan fingerprint density at radius 1 is 1.35 bits per heavy atom. The number of hydrogen-bond acceptors (Lipinski definition) is 6. The second-order valence-corrected chi connectivity index (χ2v) is 5.92. The molecule has 0 unspecified atom stereocenters. The lowest BCUT2D eigenvalue weighted by Crippen LogP contribution is -2.12. The van der Waals surface area contributed by atoms with Crippen LogP contribution in [0.15, 0.2) is 11.4 Å². The molecule has 0 radical (unpaired) electrons. The third-order valence-electron chi connectivity index (χ3n) is 2.50. The zero-order chi connectivity index (χ0) is 11.8. The molecule has 2 aromatic heterocycles. The number of thiophene rings is 1. The lowest BCUT2D eigenvalue weighted by atomic mass is 10.2. The number of nitrogen functional groups attached to an aromatic ring is 1. The van der Waals surface area contributed by atoms with Gasteiger partial charge >= 0.3 is 0 Å². The van der Waals surface area contributed by atoms with Crippen molar-refractivity contribution >= 4 is 40.5 Å². The molecule has 3 rings (SSSR count). The number of hydrogen-bond donors (Lipinski definition) is 2. The Morgan fingerprint density at radius 3 is 2.94 bits per heavy atom. The van der Waals surface area contributed by atoms with Crippen LogP contribution in [0.1, 0.15) is 11.3 Å². The molecule has 1 aliphatic rings. The maximum absolute atomic E-state index is 5.91. The van der Waals surface area contributed by atoms with Gasteiger partial charge in [0.25, 0.3) is 0 Å². The zero-order valence-corrected chi connectivity index (χ0v) is 11.1. The average molecular weight is 285 g/mol. The molecule has 0 saturated carbocycles. The van der Waals surface area contributed by atoms with Gasteiger partial charge in [-0.05, 0) is 6.07 Å². The topological polar surface area (TPSA) is 63.8 Å². The molecule has 1 aliphatic heterocycles. The predicted molar refractivity (Wildman–Crippen MR) is 73.2 cm³/mol. The van der Waals surface area contributed by atoms with Gasteiger partial charge in [0.15, 0.2) is 5.82 Å². The Balaban J connectivity index is 2.12. The fraction of sp³-hybridized carbons (Fsp3) is 0.200. The van der Waals surface area contributed by atoms with Gasteiger partial charge in [-0.3, -0.25) is 0 Å². The van der Waals surface area contributed by atoms with E-state index in [1.807, 2.05) is 23.2 Å². The fourth-order valence-corrected chi connectivity index (χ4v) is 3.76. The molecular weight excluding hydrogens is 276 g/mol. The molecule has 0 aliphatic carbocycles. The largest absolute Gasteiger partial charge is 0.308 e. The summed E-state index contributed by atoms with van der Waals surface area (Å²) in [5.41, 5.74) is 4.83. The van der Waals surface area contributed by atoms with Gasteiger partial charge in [0.2, 0.25) is 0 Å². The van der Waals surface area contributed by atoms with Gasteiger partial charge in [0, 0.05) is 22.4 Å². The number of halogens is 1. The summed E-state index contributed by atoms with van der Waals surface area (Å²) in [4.78, 5) is 9.97. The summed E-state index contributed by atoms with van der Waals surface area (Å²) in [5.74, 6) is 8.75. The van der Waals surface area contributed by atoms with Crippen LogP contribution >= 0.6 is 34.7 Å². The highest BCUT2D eigenvalue weighted by Crippen LogP contribution is 2.35. The van der Waals surface area contributed by atoms with E-state index in [2.05, 4.69) is 15.4 Å². The van der Waals surface area contributed by atoms with Crippen LogP contribution in [-0.4, -0.2) is 9.97 Å². The summed E-state index contributed by atoms with van der Waals surface area (Å²) < 4.78 is 0. The molecule has 17 heavy (non-hydrogen) atoms. The first-order valence-corrected chi connectivity index (χ1v) is 7.37. The Hall–Kier alpha value is -0.820. The Labute approximate surface area is 112 Å². The molecular formula is C10H9ClN4S2. The van der Waals surface area contributed by atoms with E-state index in [1.165, 1.54) is 11.3 Å². The normalized spacial score (nSPS) is 13.8. The van der Waals surface area contributed by atoms with Gasteiger partial charge in [-0.25, -0.2) is 15.8 Å². The van der Waals surface area contributed by atoms with Crippen LogP contribution in [-0.2, 0) is 11.5 Å². The van der Waals surface area contributed by atoms with Crippen molar-refractivity contribution in [2.45, 2.75) is 11.5 Å². The van der Waals surface area contributed by atoms with Crippen LogP contribution in [0.3, 0.4) is 0 Å². The fourth-order valence-electron chi connectivity index (χ4n) is 1.71. The minimum atomic E-state index is 0.691. The molecule has 0 atom stereocenters. The standard InChI is InChI=1S/C10H9ClN4S2/c11-5-1-8(17-2-5)10-13-7-4-16-3-6(7)9(14-10)15-12/h1-2H,3-4,12H2,(H,13,14,15). The molecule has 4 nitrogen and oxygen atoms in total. The summed E-state index contributed by atoms with van der Waals surface area (Å²) in [6.07, 6.45) is 0. The molecule has 3 N–H and O–H groups in total. The first-order chi connectivity index (χ1) is 8.28. The quantitative estimate of drug-likeness (QED) is 0.656. The number of nitrogens with one attached hydrogen (secondary N) is 1. The Morgan fingerprint density at radius 2 is 2.24 bits per heavy atom. The number of anilines is 1. The van der Waals surface area contributed by atoms with Crippen molar-refractivity contribution in [3.8, 4) is 10.7 Å². The minimum absolute atomic E-state index is 0.691. The lowest BCUT2D eigenvalue weighted by molar-refractivity contribution is 1.06. The third-order valence-corrected chi connectivity index (χ3v) is 4.75. The predicted octanol–water partition coefficient (Wildman–Crippen LogP) is 2.89. The van der Waals surface area contributed by atoms with Crippen LogP contribution in [0.5, 0.6) is 0 Å². The molecule has 88 valence electrons. The van der Waals surface area contributed by atoms with Crippen molar-refractivity contribution < 1.29 is 0 Å². The van der Waals surface area contributed by atoms with Gasteiger partial charge in [-0.1, -0.05) is 11.6 Å². The van der Waals surface area contributed by atoms with E-state index in [0.717, 1.165) is 33.5 Å². The van der Waals surface area contributed by atoms with Gasteiger partial charge < -0.3 is 5.43 Å². The van der Waals surface area contributed by atoms with E-state index in [9.17, 15) is 0 Å². The SMILES string of the molecule is NNc1nc(-c2cc(Cl)cs2)nc2c1CSC2. The molecule has 7 heteroatoms. The number of thioether (sulfide) groups is 1. The molecule has 3 heterocycles. The molecule has 0 aromatic carbocycles. The number of hydrazine groups is 1. The first kappa shape index (κ1) is 11.3. The summed E-state index contributed by atoms with van der Waals surface area (Å²) >= 11 is 9.27. The van der Waals surface area contributed by atoms with Gasteiger partial charge in [0.1, 0.15) is 5.82 Å². The van der Waals surface area contributed by atoms with Crippen molar-refractivity contribution in [3.63, 3.8) is 0 Å². The van der Waals surface area contributed by atoms with Gasteiger partial charge in [-0.2, -0.15) is 11.8 Å². The monoisotopic (exact) mass is 284 g/mol. The zero-order valence-electron chi connectivity index (χ0n) is 8.74. The van der Waals surface area contributed by atoms with E-state index < -0.39 is 0 Å². The van der Waals surface area contributed by atoms with Gasteiger partial charge in [0.05, 0.1) is 15.6 Å². The highest BCUT2D eigenvalue weighted by Gasteiger charge is 2.20. The van der Waals surface area contributed by atoms with E-state index >= 15 is 0 Å². The van der Waals surface area contributed by atoms with Crippen molar-refractivity contribution in [2.24, 2.45) is 5.84 Å². The van der Waals surface area contributed by atoms with Crippen LogP contribution in [0.2, 0.25) is 5.02 Å². The molecule has 0 amide bonds. The van der Waals surface area contributed by atoms with Crippen molar-refractivity contribution in [2.75, 3.05) is 5.43 Å². The van der Waals surface area contributed by atoms with Crippen LogP contribution in [0.25, 0.3) is 10.7 Å². The second-order valence-electron chi connectivity index (χ2n) is 3.59. The van der Waals surface area contributed by atoms with E-state index in [-0.39, 0.29) is 0 Å². The smallest absolute Gasteiger partial charge is 0.172 e. The lowest BCUT2D eigenvalue weighted by Gasteiger charge is -2.07. The summed E-state index contributed by atoms with van der Waals surface area (Å²) in [6.45, 7) is 0. The molecule has 0 saturated heterocycles. The van der Waals surface area contributed by atoms with E-state index in [0.29, 0.717) is 10.8 Å². The summed E-state index contributed by atoms with van der Waals surface area (Å²) in [7, 11) is 0. The summed E-state index contributed by atoms with van der Waals surface area (Å²) in [5, 5.41) is 2.59. The van der Waals surface area contributed by atoms with Crippen molar-refractivity contribution in [1.29, 1.82) is 0 Å². The second kappa shape index (κ2) is 4.45.